The summed E-state index contributed by atoms with van der Waals surface area (Å²) in [5.74, 6) is 0.216. The molecule has 1 saturated heterocycles. The van der Waals surface area contributed by atoms with Crippen molar-refractivity contribution in [1.82, 2.24) is 15.3 Å². The highest BCUT2D eigenvalue weighted by atomic mass is 16.3. The Morgan fingerprint density at radius 1 is 1.23 bits per heavy atom. The quantitative estimate of drug-likeness (QED) is 0.809. The van der Waals surface area contributed by atoms with E-state index in [1.165, 1.54) is 25.5 Å². The number of nitrogens with zero attached hydrogens (tertiary/aromatic N) is 1. The van der Waals surface area contributed by atoms with Crippen LogP contribution < -0.4 is 10.9 Å². The van der Waals surface area contributed by atoms with Crippen LogP contribution in [0.25, 0.3) is 11.3 Å². The Kier molecular flexibility index (Phi) is 4.53. The zero-order chi connectivity index (χ0) is 15.4. The van der Waals surface area contributed by atoms with Crippen molar-refractivity contribution >= 4 is 0 Å². The van der Waals surface area contributed by atoms with Crippen LogP contribution in [-0.2, 0) is 6.42 Å². The van der Waals surface area contributed by atoms with E-state index in [2.05, 4.69) is 15.3 Å². The van der Waals surface area contributed by atoms with Crippen LogP contribution >= 0.6 is 0 Å². The molecule has 1 unspecified atom stereocenters. The number of nitrogens with one attached hydrogen (secondary N) is 2. The van der Waals surface area contributed by atoms with Crippen LogP contribution in [0.2, 0.25) is 0 Å². The third-order valence-corrected chi connectivity index (χ3v) is 4.14. The minimum atomic E-state index is -0.242. The highest BCUT2D eigenvalue weighted by Gasteiger charge is 2.13. The lowest BCUT2D eigenvalue weighted by Crippen LogP contribution is -2.34. The van der Waals surface area contributed by atoms with Gasteiger partial charge >= 0.3 is 0 Å². The summed E-state index contributed by atoms with van der Waals surface area (Å²) < 4.78 is 0. The number of piperidine rings is 1. The molecule has 22 heavy (non-hydrogen) atoms. The van der Waals surface area contributed by atoms with Crippen molar-refractivity contribution in [2.45, 2.75) is 38.1 Å². The van der Waals surface area contributed by atoms with Crippen LogP contribution in [0, 0.1) is 0 Å². The maximum atomic E-state index is 11.4. The number of H-pyrrole nitrogens is 1. The number of aryl methyl sites for hydroxylation is 1. The Morgan fingerprint density at radius 3 is 2.91 bits per heavy atom. The molecule has 116 valence electrons. The van der Waals surface area contributed by atoms with Gasteiger partial charge in [-0.3, -0.25) is 9.78 Å². The Hall–Kier alpha value is -2.14. The Labute approximate surface area is 129 Å². The van der Waals surface area contributed by atoms with E-state index in [1.807, 2.05) is 6.07 Å². The van der Waals surface area contributed by atoms with Gasteiger partial charge in [-0.1, -0.05) is 6.42 Å². The van der Waals surface area contributed by atoms with Gasteiger partial charge in [0.1, 0.15) is 5.75 Å². The average Bonchev–Trinajstić information content (AvgIpc) is 2.53. The van der Waals surface area contributed by atoms with Gasteiger partial charge in [0, 0.05) is 11.6 Å². The van der Waals surface area contributed by atoms with Gasteiger partial charge in [0.25, 0.3) is 5.56 Å². The summed E-state index contributed by atoms with van der Waals surface area (Å²) in [6.07, 6.45) is 8.59. The molecule has 1 aliphatic rings. The molecule has 1 fully saturated rings. The van der Waals surface area contributed by atoms with Crippen molar-refractivity contribution < 1.29 is 5.11 Å². The summed E-state index contributed by atoms with van der Waals surface area (Å²) in [5.41, 5.74) is 2.25. The van der Waals surface area contributed by atoms with E-state index in [4.69, 9.17) is 0 Å². The lowest BCUT2D eigenvalue weighted by Gasteiger charge is -2.23. The second-order valence-electron chi connectivity index (χ2n) is 5.88. The molecule has 0 saturated carbocycles. The SMILES string of the molecule is O=c1cncc(-c2cc(O)cc(CCC3CCCCN3)c2)[nH]1. The average molecular weight is 299 g/mol. The Balaban J connectivity index is 1.76. The van der Waals surface area contributed by atoms with Gasteiger partial charge in [0.05, 0.1) is 18.1 Å². The van der Waals surface area contributed by atoms with Gasteiger partial charge in [-0.05, 0) is 56.0 Å². The van der Waals surface area contributed by atoms with Crippen molar-refractivity contribution in [1.29, 1.82) is 0 Å². The third kappa shape index (κ3) is 3.74. The number of rotatable bonds is 4. The standard InChI is InChI=1S/C17H21N3O2/c21-15-8-12(4-5-14-3-1-2-6-19-14)7-13(9-15)16-10-18-11-17(22)20-16/h7-11,14,19,21H,1-6H2,(H,20,22). The summed E-state index contributed by atoms with van der Waals surface area (Å²) in [6.45, 7) is 1.10. The monoisotopic (exact) mass is 299 g/mol. The number of aromatic hydroxyl groups is 1. The van der Waals surface area contributed by atoms with Crippen molar-refractivity contribution in [2.75, 3.05) is 6.54 Å². The van der Waals surface area contributed by atoms with Crippen molar-refractivity contribution in [3.05, 3.63) is 46.5 Å². The third-order valence-electron chi connectivity index (χ3n) is 4.14. The maximum absolute atomic E-state index is 11.4. The van der Waals surface area contributed by atoms with E-state index in [0.717, 1.165) is 30.5 Å². The molecule has 1 aromatic heterocycles. The molecule has 0 aliphatic carbocycles. The molecule has 5 nitrogen and oxygen atoms in total. The van der Waals surface area contributed by atoms with Crippen molar-refractivity contribution in [3.8, 4) is 17.0 Å². The molecule has 1 aliphatic heterocycles. The molecule has 1 aromatic carbocycles. The summed E-state index contributed by atoms with van der Waals surface area (Å²) in [5, 5.41) is 13.5. The van der Waals surface area contributed by atoms with Crippen LogP contribution in [0.5, 0.6) is 5.75 Å². The van der Waals surface area contributed by atoms with E-state index in [9.17, 15) is 9.90 Å². The molecular formula is C17H21N3O2. The number of hydrogen-bond acceptors (Lipinski definition) is 4. The van der Waals surface area contributed by atoms with Crippen molar-refractivity contribution in [2.24, 2.45) is 0 Å². The number of phenolic OH excluding ortho intramolecular Hbond substituents is 1. The lowest BCUT2D eigenvalue weighted by atomic mass is 9.97. The number of benzene rings is 1. The smallest absolute Gasteiger partial charge is 0.266 e. The molecule has 2 heterocycles. The summed E-state index contributed by atoms with van der Waals surface area (Å²) in [7, 11) is 0. The van der Waals surface area contributed by atoms with E-state index >= 15 is 0 Å². The first-order valence-electron chi connectivity index (χ1n) is 7.82. The van der Waals surface area contributed by atoms with Crippen LogP contribution in [0.3, 0.4) is 0 Å². The fourth-order valence-corrected chi connectivity index (χ4v) is 3.01. The van der Waals surface area contributed by atoms with E-state index < -0.39 is 0 Å². The Bertz CT molecular complexity index is 690. The highest BCUT2D eigenvalue weighted by molar-refractivity contribution is 5.61. The van der Waals surface area contributed by atoms with Gasteiger partial charge in [-0.15, -0.1) is 0 Å². The van der Waals surface area contributed by atoms with Gasteiger partial charge < -0.3 is 15.4 Å². The number of phenols is 1. The molecule has 2 aromatic rings. The van der Waals surface area contributed by atoms with Gasteiger partial charge in [-0.2, -0.15) is 0 Å². The van der Waals surface area contributed by atoms with E-state index in [0.29, 0.717) is 11.7 Å². The maximum Gasteiger partial charge on any atom is 0.266 e. The number of aromatic amines is 1. The zero-order valence-corrected chi connectivity index (χ0v) is 12.5. The number of aromatic nitrogens is 2. The van der Waals surface area contributed by atoms with Crippen LogP contribution in [0.4, 0.5) is 0 Å². The second kappa shape index (κ2) is 6.75. The van der Waals surface area contributed by atoms with Crippen LogP contribution in [0.15, 0.2) is 35.4 Å². The molecule has 3 N–H and O–H groups in total. The summed E-state index contributed by atoms with van der Waals surface area (Å²) in [6, 6.07) is 6.02. The second-order valence-corrected chi connectivity index (χ2v) is 5.88. The fourth-order valence-electron chi connectivity index (χ4n) is 3.01. The largest absolute Gasteiger partial charge is 0.508 e. The van der Waals surface area contributed by atoms with Crippen molar-refractivity contribution in [3.63, 3.8) is 0 Å². The van der Waals surface area contributed by atoms with Gasteiger partial charge in [0.15, 0.2) is 0 Å². The highest BCUT2D eigenvalue weighted by Crippen LogP contribution is 2.24. The fraction of sp³-hybridized carbons (Fsp3) is 0.412. The number of hydrogen-bond donors (Lipinski definition) is 3. The molecule has 0 bridgehead atoms. The van der Waals surface area contributed by atoms with Crippen LogP contribution in [0.1, 0.15) is 31.2 Å². The van der Waals surface area contributed by atoms with Gasteiger partial charge in [-0.25, -0.2) is 0 Å². The first-order chi connectivity index (χ1) is 10.7. The molecule has 5 heteroatoms. The predicted octanol–water partition coefficient (Wildman–Crippen LogP) is 2.22. The topological polar surface area (TPSA) is 78.0 Å². The zero-order valence-electron chi connectivity index (χ0n) is 12.5. The van der Waals surface area contributed by atoms with E-state index in [-0.39, 0.29) is 11.3 Å². The summed E-state index contributed by atoms with van der Waals surface area (Å²) in [4.78, 5) is 18.0. The minimum absolute atomic E-state index is 0.216. The van der Waals surface area contributed by atoms with Crippen LogP contribution in [-0.4, -0.2) is 27.7 Å². The predicted molar refractivity (Wildman–Crippen MR) is 85.9 cm³/mol. The summed E-state index contributed by atoms with van der Waals surface area (Å²) >= 11 is 0. The minimum Gasteiger partial charge on any atom is -0.508 e. The van der Waals surface area contributed by atoms with Gasteiger partial charge in [0.2, 0.25) is 0 Å². The first kappa shape index (κ1) is 14.8. The molecule has 0 radical (unpaired) electrons. The lowest BCUT2D eigenvalue weighted by molar-refractivity contribution is 0.382. The first-order valence-corrected chi connectivity index (χ1v) is 7.82. The molecule has 1 atom stereocenters. The normalized spacial score (nSPS) is 18.3. The molecule has 0 amide bonds. The molecule has 0 spiro atoms. The van der Waals surface area contributed by atoms with E-state index in [1.54, 1.807) is 18.3 Å². The Morgan fingerprint density at radius 2 is 2.14 bits per heavy atom. The molecule has 3 rings (SSSR count). The molecular weight excluding hydrogens is 278 g/mol.